The Morgan fingerprint density at radius 3 is 2.12 bits per heavy atom. The fourth-order valence-electron chi connectivity index (χ4n) is 1.20. The monoisotopic (exact) mass is 231 g/mol. The molecule has 0 rings (SSSR count). The van der Waals surface area contributed by atoms with Gasteiger partial charge >= 0.3 is 12.1 Å². The van der Waals surface area contributed by atoms with Gasteiger partial charge in [-0.25, -0.2) is 9.59 Å². The fourth-order valence-corrected chi connectivity index (χ4v) is 1.20. The number of nitrogens with zero attached hydrogens (tertiary/aromatic N) is 1. The van der Waals surface area contributed by atoms with Crippen molar-refractivity contribution in [1.29, 1.82) is 0 Å². The maximum Gasteiger partial charge on any atom is 0.410 e. The minimum absolute atomic E-state index is 0.434. The van der Waals surface area contributed by atoms with Gasteiger partial charge in [0.2, 0.25) is 0 Å². The number of rotatable bonds is 3. The van der Waals surface area contributed by atoms with Gasteiger partial charge in [-0.05, 0) is 27.2 Å². The maximum absolute atomic E-state index is 11.7. The number of carbonyl (C=O) groups excluding carboxylic acids is 2. The van der Waals surface area contributed by atoms with Gasteiger partial charge in [-0.1, -0.05) is 6.92 Å². The predicted molar refractivity (Wildman–Crippen MR) is 60.1 cm³/mol. The molecule has 16 heavy (non-hydrogen) atoms. The molecule has 0 aromatic carbocycles. The number of hydrogen-bond donors (Lipinski definition) is 0. The Kier molecular flexibility index (Phi) is 5.27. The van der Waals surface area contributed by atoms with E-state index in [0.717, 1.165) is 0 Å². The van der Waals surface area contributed by atoms with Crippen LogP contribution >= 0.6 is 0 Å². The van der Waals surface area contributed by atoms with Gasteiger partial charge in [-0.2, -0.15) is 0 Å². The largest absolute Gasteiger partial charge is 0.467 e. The first-order valence-electron chi connectivity index (χ1n) is 5.26. The smallest absolute Gasteiger partial charge is 0.410 e. The topological polar surface area (TPSA) is 55.8 Å². The van der Waals surface area contributed by atoms with Crippen LogP contribution in [-0.2, 0) is 14.3 Å². The van der Waals surface area contributed by atoms with Crippen LogP contribution in [0, 0.1) is 0 Å². The van der Waals surface area contributed by atoms with E-state index in [1.807, 2.05) is 6.92 Å². The first-order valence-corrected chi connectivity index (χ1v) is 5.26. The third-order valence-electron chi connectivity index (χ3n) is 2.01. The van der Waals surface area contributed by atoms with Crippen LogP contribution in [-0.4, -0.2) is 42.8 Å². The molecule has 1 amide bonds. The highest BCUT2D eigenvalue weighted by molar-refractivity contribution is 5.81. The van der Waals surface area contributed by atoms with Crippen molar-refractivity contribution in [3.63, 3.8) is 0 Å². The summed E-state index contributed by atoms with van der Waals surface area (Å²) < 4.78 is 9.77. The number of esters is 1. The maximum atomic E-state index is 11.7. The van der Waals surface area contributed by atoms with Crippen LogP contribution in [0.4, 0.5) is 4.79 Å². The second-order valence-corrected chi connectivity index (χ2v) is 4.54. The van der Waals surface area contributed by atoms with Crippen LogP contribution in [0.3, 0.4) is 0 Å². The van der Waals surface area contributed by atoms with Gasteiger partial charge in [0.25, 0.3) is 0 Å². The van der Waals surface area contributed by atoms with E-state index in [0.29, 0.717) is 6.42 Å². The Morgan fingerprint density at radius 2 is 1.81 bits per heavy atom. The molecule has 0 saturated heterocycles. The number of carbonyl (C=O) groups is 2. The summed E-state index contributed by atoms with van der Waals surface area (Å²) in [5, 5.41) is 0. The van der Waals surface area contributed by atoms with E-state index in [1.54, 1.807) is 20.8 Å². The number of amides is 1. The number of methoxy groups -OCH3 is 1. The molecule has 0 aliphatic heterocycles. The van der Waals surface area contributed by atoms with Crippen molar-refractivity contribution in [1.82, 2.24) is 4.90 Å². The Bertz CT molecular complexity index is 257. The zero-order valence-corrected chi connectivity index (χ0v) is 10.9. The van der Waals surface area contributed by atoms with E-state index >= 15 is 0 Å². The normalized spacial score (nSPS) is 12.9. The van der Waals surface area contributed by atoms with E-state index in [2.05, 4.69) is 4.74 Å². The number of likely N-dealkylation sites (N-methyl/N-ethyl adjacent to an activating group) is 1. The second-order valence-electron chi connectivity index (χ2n) is 4.54. The third-order valence-corrected chi connectivity index (χ3v) is 2.01. The molecule has 94 valence electrons. The quantitative estimate of drug-likeness (QED) is 0.695. The minimum atomic E-state index is -0.597. The molecule has 0 spiro atoms. The van der Waals surface area contributed by atoms with Crippen molar-refractivity contribution in [3.05, 3.63) is 0 Å². The molecule has 0 saturated carbocycles. The molecule has 0 aromatic heterocycles. The minimum Gasteiger partial charge on any atom is -0.467 e. The van der Waals surface area contributed by atoms with Crippen LogP contribution in [0.1, 0.15) is 34.1 Å². The Hall–Kier alpha value is -1.26. The first kappa shape index (κ1) is 14.7. The molecule has 0 fully saturated rings. The van der Waals surface area contributed by atoms with Crippen molar-refractivity contribution in [2.75, 3.05) is 14.2 Å². The summed E-state index contributed by atoms with van der Waals surface area (Å²) in [7, 11) is 2.83. The summed E-state index contributed by atoms with van der Waals surface area (Å²) in [6, 6.07) is -0.597. The molecule has 0 unspecified atom stereocenters. The average molecular weight is 231 g/mol. The molecule has 0 heterocycles. The van der Waals surface area contributed by atoms with Crippen LogP contribution in [0.15, 0.2) is 0 Å². The van der Waals surface area contributed by atoms with Gasteiger partial charge in [0.05, 0.1) is 7.11 Å². The summed E-state index contributed by atoms with van der Waals surface area (Å²) in [5.41, 5.74) is -0.570. The highest BCUT2D eigenvalue weighted by atomic mass is 16.6. The van der Waals surface area contributed by atoms with Crippen LogP contribution < -0.4 is 0 Å². The van der Waals surface area contributed by atoms with Gasteiger partial charge in [-0.3, -0.25) is 4.90 Å². The fraction of sp³-hybridized carbons (Fsp3) is 0.818. The highest BCUT2D eigenvalue weighted by Crippen LogP contribution is 2.12. The number of hydrogen-bond acceptors (Lipinski definition) is 4. The molecule has 0 bridgehead atoms. The molecular formula is C11H21NO4. The summed E-state index contributed by atoms with van der Waals surface area (Å²) in [6.45, 7) is 7.13. The van der Waals surface area contributed by atoms with Gasteiger partial charge in [0.1, 0.15) is 11.6 Å². The summed E-state index contributed by atoms with van der Waals surface area (Å²) in [5.74, 6) is -0.434. The molecule has 1 atom stereocenters. The molecule has 0 N–H and O–H groups in total. The Morgan fingerprint density at radius 1 is 1.31 bits per heavy atom. The molecule has 0 radical (unpaired) electrons. The van der Waals surface area contributed by atoms with Crippen LogP contribution in [0.25, 0.3) is 0 Å². The lowest BCUT2D eigenvalue weighted by Crippen LogP contribution is -2.44. The van der Waals surface area contributed by atoms with Gasteiger partial charge in [-0.15, -0.1) is 0 Å². The zero-order chi connectivity index (χ0) is 12.9. The zero-order valence-electron chi connectivity index (χ0n) is 10.9. The Balaban J connectivity index is 4.57. The van der Waals surface area contributed by atoms with Crippen molar-refractivity contribution in [2.24, 2.45) is 0 Å². The van der Waals surface area contributed by atoms with E-state index in [1.165, 1.54) is 19.1 Å². The molecular weight excluding hydrogens is 210 g/mol. The predicted octanol–water partition coefficient (Wildman–Crippen LogP) is 1.80. The van der Waals surface area contributed by atoms with Crippen molar-refractivity contribution >= 4 is 12.1 Å². The van der Waals surface area contributed by atoms with Crippen LogP contribution in [0.5, 0.6) is 0 Å². The van der Waals surface area contributed by atoms with Gasteiger partial charge in [0.15, 0.2) is 0 Å². The lowest BCUT2D eigenvalue weighted by atomic mass is 10.2. The lowest BCUT2D eigenvalue weighted by Gasteiger charge is -2.28. The highest BCUT2D eigenvalue weighted by Gasteiger charge is 2.29. The average Bonchev–Trinajstić information content (AvgIpc) is 2.15. The van der Waals surface area contributed by atoms with Gasteiger partial charge < -0.3 is 9.47 Å². The van der Waals surface area contributed by atoms with E-state index in [-0.39, 0.29) is 0 Å². The summed E-state index contributed by atoms with van der Waals surface area (Å²) >= 11 is 0. The van der Waals surface area contributed by atoms with Crippen molar-refractivity contribution in [2.45, 2.75) is 45.8 Å². The molecule has 0 aromatic rings. The molecule has 0 aliphatic rings. The van der Waals surface area contributed by atoms with Crippen molar-refractivity contribution in [3.8, 4) is 0 Å². The molecule has 0 aliphatic carbocycles. The summed E-state index contributed by atoms with van der Waals surface area (Å²) in [4.78, 5) is 24.3. The second kappa shape index (κ2) is 5.72. The molecule has 5 nitrogen and oxygen atoms in total. The Labute approximate surface area is 96.7 Å². The first-order chi connectivity index (χ1) is 7.22. The van der Waals surface area contributed by atoms with Crippen molar-refractivity contribution < 1.29 is 19.1 Å². The van der Waals surface area contributed by atoms with Crippen LogP contribution in [0.2, 0.25) is 0 Å². The lowest BCUT2D eigenvalue weighted by molar-refractivity contribution is -0.146. The van der Waals surface area contributed by atoms with E-state index < -0.39 is 23.7 Å². The van der Waals surface area contributed by atoms with E-state index in [4.69, 9.17) is 4.74 Å². The summed E-state index contributed by atoms with van der Waals surface area (Å²) in [6.07, 6.45) is -0.0349. The SMILES string of the molecule is CC[C@H](C(=O)OC)N(C)C(=O)OC(C)(C)C. The number of ether oxygens (including phenoxy) is 2. The third kappa shape index (κ3) is 4.51. The molecule has 5 heteroatoms. The van der Waals surface area contributed by atoms with E-state index in [9.17, 15) is 9.59 Å². The van der Waals surface area contributed by atoms with Gasteiger partial charge in [0, 0.05) is 7.05 Å². The standard InChI is InChI=1S/C11H21NO4/c1-7-8(9(13)15-6)12(5)10(14)16-11(2,3)4/h8H,7H2,1-6H3/t8-/m1/s1.